The Kier molecular flexibility index (Phi) is 5.76. The van der Waals surface area contributed by atoms with E-state index < -0.39 is 4.92 Å². The Morgan fingerprint density at radius 3 is 2.21 bits per heavy atom. The molecule has 2 N–H and O–H groups in total. The Labute approximate surface area is 194 Å². The molecule has 10 heteroatoms. The standard InChI is InChI=1S/C24H20N6O4/c31-30(32)22-23(25-14-17-11-12-20-21(13-17)34-16-33-20)26-15-27-24(22)28-29(18-7-3-1-4-8-18)19-9-5-2-6-10-19/h1-13,15H,14,16H2,(H2,25,26,27,28). The fourth-order valence-corrected chi connectivity index (χ4v) is 3.54. The van der Waals surface area contributed by atoms with Crippen LogP contribution in [0.4, 0.5) is 28.7 Å². The van der Waals surface area contributed by atoms with E-state index >= 15 is 0 Å². The maximum Gasteiger partial charge on any atom is 0.354 e. The molecule has 0 atom stereocenters. The van der Waals surface area contributed by atoms with Crippen LogP contribution in [0.3, 0.4) is 0 Å². The molecule has 1 aromatic heterocycles. The molecule has 5 rings (SSSR count). The Morgan fingerprint density at radius 1 is 0.882 bits per heavy atom. The molecule has 0 bridgehead atoms. The van der Waals surface area contributed by atoms with Crippen molar-refractivity contribution in [1.82, 2.24) is 9.97 Å². The summed E-state index contributed by atoms with van der Waals surface area (Å²) in [6.07, 6.45) is 1.28. The van der Waals surface area contributed by atoms with E-state index in [9.17, 15) is 10.1 Å². The van der Waals surface area contributed by atoms with Crippen LogP contribution in [0.5, 0.6) is 11.5 Å². The minimum absolute atomic E-state index is 0.0564. The summed E-state index contributed by atoms with van der Waals surface area (Å²) in [5, 5.41) is 16.8. The third-order valence-electron chi connectivity index (χ3n) is 5.15. The number of benzene rings is 3. The first kappa shape index (κ1) is 21.0. The van der Waals surface area contributed by atoms with E-state index in [1.165, 1.54) is 6.33 Å². The highest BCUT2D eigenvalue weighted by atomic mass is 16.7. The second-order valence-corrected chi connectivity index (χ2v) is 7.34. The Hall–Kier alpha value is -4.86. The van der Waals surface area contributed by atoms with Gasteiger partial charge in [0, 0.05) is 6.54 Å². The molecule has 1 aliphatic rings. The van der Waals surface area contributed by atoms with E-state index in [4.69, 9.17) is 9.47 Å². The van der Waals surface area contributed by atoms with Gasteiger partial charge >= 0.3 is 5.69 Å². The van der Waals surface area contributed by atoms with Crippen LogP contribution in [0.15, 0.2) is 85.2 Å². The number of nitrogens with one attached hydrogen (secondary N) is 2. The summed E-state index contributed by atoms with van der Waals surface area (Å²) in [5.74, 6) is 1.47. The smallest absolute Gasteiger partial charge is 0.354 e. The lowest BCUT2D eigenvalue weighted by atomic mass is 10.2. The van der Waals surface area contributed by atoms with Crippen molar-refractivity contribution in [3.05, 3.63) is 101 Å². The second kappa shape index (κ2) is 9.33. The van der Waals surface area contributed by atoms with Crippen LogP contribution in [0.2, 0.25) is 0 Å². The van der Waals surface area contributed by atoms with Gasteiger partial charge < -0.3 is 14.8 Å². The molecule has 170 valence electrons. The van der Waals surface area contributed by atoms with Crippen LogP contribution in [0.25, 0.3) is 0 Å². The molecule has 0 saturated heterocycles. The number of aromatic nitrogens is 2. The monoisotopic (exact) mass is 456 g/mol. The first-order valence-electron chi connectivity index (χ1n) is 10.5. The third kappa shape index (κ3) is 4.37. The van der Waals surface area contributed by atoms with Gasteiger partial charge in [0.1, 0.15) is 6.33 Å². The quantitative estimate of drug-likeness (QED) is 0.282. The summed E-state index contributed by atoms with van der Waals surface area (Å²) < 4.78 is 10.7. The van der Waals surface area contributed by atoms with Gasteiger partial charge in [-0.05, 0) is 42.0 Å². The highest BCUT2D eigenvalue weighted by Crippen LogP contribution is 2.35. The number of anilines is 4. The molecule has 3 aromatic carbocycles. The number of hydrogen-bond donors (Lipinski definition) is 2. The second-order valence-electron chi connectivity index (χ2n) is 7.34. The molecule has 0 unspecified atom stereocenters. The summed E-state index contributed by atoms with van der Waals surface area (Å²) in [7, 11) is 0. The maximum absolute atomic E-state index is 12.1. The zero-order valence-corrected chi connectivity index (χ0v) is 17.9. The van der Waals surface area contributed by atoms with Crippen LogP contribution in [0, 0.1) is 10.1 Å². The van der Waals surface area contributed by atoms with Crippen LogP contribution in [-0.2, 0) is 6.54 Å². The molecule has 10 nitrogen and oxygen atoms in total. The SMILES string of the molecule is O=[N+]([O-])c1c(NCc2ccc3c(c2)OCO3)ncnc1NN(c1ccccc1)c1ccccc1. The summed E-state index contributed by atoms with van der Waals surface area (Å²) in [4.78, 5) is 19.8. The molecule has 0 fully saturated rings. The molecular formula is C24H20N6O4. The van der Waals surface area contributed by atoms with Crippen LogP contribution in [-0.4, -0.2) is 21.7 Å². The minimum atomic E-state index is -0.502. The highest BCUT2D eigenvalue weighted by molar-refractivity contribution is 5.74. The van der Waals surface area contributed by atoms with Crippen molar-refractivity contribution in [3.63, 3.8) is 0 Å². The highest BCUT2D eigenvalue weighted by Gasteiger charge is 2.25. The number of hydrazine groups is 1. The van der Waals surface area contributed by atoms with Crippen molar-refractivity contribution in [1.29, 1.82) is 0 Å². The molecule has 4 aromatic rings. The molecule has 0 spiro atoms. The van der Waals surface area contributed by atoms with Crippen molar-refractivity contribution in [2.75, 3.05) is 22.5 Å². The van der Waals surface area contributed by atoms with E-state index in [0.717, 1.165) is 16.9 Å². The summed E-state index contributed by atoms with van der Waals surface area (Å²) in [6.45, 7) is 0.479. The average molecular weight is 456 g/mol. The van der Waals surface area contributed by atoms with Gasteiger partial charge in [-0.15, -0.1) is 0 Å². The van der Waals surface area contributed by atoms with Crippen molar-refractivity contribution in [2.24, 2.45) is 0 Å². The Morgan fingerprint density at radius 2 is 1.53 bits per heavy atom. The van der Waals surface area contributed by atoms with Gasteiger partial charge in [0.25, 0.3) is 0 Å². The first-order chi connectivity index (χ1) is 16.7. The van der Waals surface area contributed by atoms with Crippen molar-refractivity contribution in [2.45, 2.75) is 6.54 Å². The maximum atomic E-state index is 12.1. The Bertz CT molecular complexity index is 1260. The summed E-state index contributed by atoms with van der Waals surface area (Å²) >= 11 is 0. The predicted octanol–water partition coefficient (Wildman–Crippen LogP) is 4.89. The van der Waals surface area contributed by atoms with Gasteiger partial charge in [-0.2, -0.15) is 0 Å². The lowest BCUT2D eigenvalue weighted by Gasteiger charge is -2.26. The molecule has 0 aliphatic carbocycles. The molecule has 2 heterocycles. The van der Waals surface area contributed by atoms with E-state index in [1.54, 1.807) is 11.1 Å². The number of ether oxygens (including phenoxy) is 2. The van der Waals surface area contributed by atoms with Crippen molar-refractivity contribution >= 4 is 28.7 Å². The predicted molar refractivity (Wildman–Crippen MR) is 127 cm³/mol. The van der Waals surface area contributed by atoms with Crippen molar-refractivity contribution in [3.8, 4) is 11.5 Å². The van der Waals surface area contributed by atoms with Gasteiger partial charge in [0.05, 0.1) is 16.3 Å². The van der Waals surface area contributed by atoms with E-state index in [-0.39, 0.29) is 24.1 Å². The number of hydrogen-bond acceptors (Lipinski definition) is 9. The topological polar surface area (TPSA) is 115 Å². The molecule has 34 heavy (non-hydrogen) atoms. The van der Waals surface area contributed by atoms with Gasteiger partial charge in [0.2, 0.25) is 18.4 Å². The van der Waals surface area contributed by atoms with E-state index in [0.29, 0.717) is 18.0 Å². The van der Waals surface area contributed by atoms with Gasteiger partial charge in [-0.1, -0.05) is 42.5 Å². The number of fused-ring (bicyclic) bond motifs is 1. The molecule has 0 amide bonds. The fourth-order valence-electron chi connectivity index (χ4n) is 3.54. The lowest BCUT2D eigenvalue weighted by molar-refractivity contribution is -0.383. The van der Waals surface area contributed by atoms with Crippen LogP contribution in [0.1, 0.15) is 5.56 Å². The zero-order valence-electron chi connectivity index (χ0n) is 17.9. The molecule has 0 radical (unpaired) electrons. The van der Waals surface area contributed by atoms with Crippen LogP contribution >= 0.6 is 0 Å². The largest absolute Gasteiger partial charge is 0.454 e. The van der Waals surface area contributed by atoms with Gasteiger partial charge in [-0.25, -0.2) is 9.97 Å². The van der Waals surface area contributed by atoms with Gasteiger partial charge in [0.15, 0.2) is 11.5 Å². The third-order valence-corrected chi connectivity index (χ3v) is 5.15. The fraction of sp³-hybridized carbons (Fsp3) is 0.0833. The normalized spacial score (nSPS) is 11.6. The molecular weight excluding hydrogens is 436 g/mol. The van der Waals surface area contributed by atoms with E-state index in [2.05, 4.69) is 20.7 Å². The number of para-hydroxylation sites is 2. The van der Waals surface area contributed by atoms with E-state index in [1.807, 2.05) is 72.8 Å². The molecule has 1 aliphatic heterocycles. The summed E-state index contributed by atoms with van der Waals surface area (Å²) in [5.41, 5.74) is 5.27. The number of nitrogens with zero attached hydrogens (tertiary/aromatic N) is 4. The lowest BCUT2D eigenvalue weighted by Crippen LogP contribution is -2.26. The number of nitro groups is 1. The zero-order chi connectivity index (χ0) is 23.3. The average Bonchev–Trinajstić information content (AvgIpc) is 3.35. The van der Waals surface area contributed by atoms with Gasteiger partial charge in [-0.3, -0.25) is 20.5 Å². The molecule has 0 saturated carbocycles. The minimum Gasteiger partial charge on any atom is -0.454 e. The Balaban J connectivity index is 1.44. The number of rotatable bonds is 8. The first-order valence-corrected chi connectivity index (χ1v) is 10.5. The summed E-state index contributed by atoms with van der Waals surface area (Å²) in [6, 6.07) is 24.4. The van der Waals surface area contributed by atoms with Crippen molar-refractivity contribution < 1.29 is 14.4 Å². The van der Waals surface area contributed by atoms with Crippen LogP contribution < -0.4 is 25.2 Å².